The maximum atomic E-state index is 11.6. The Morgan fingerprint density at radius 3 is 2.86 bits per heavy atom. The summed E-state index contributed by atoms with van der Waals surface area (Å²) in [6.45, 7) is 1.57. The number of rotatable bonds is 3. The van der Waals surface area contributed by atoms with Gasteiger partial charge in [-0.2, -0.15) is 0 Å². The highest BCUT2D eigenvalue weighted by Crippen LogP contribution is 2.26. The Morgan fingerprint density at radius 1 is 1.24 bits per heavy atom. The fraction of sp³-hybridized carbons (Fsp3) is 0.353. The van der Waals surface area contributed by atoms with Gasteiger partial charge in [0.25, 0.3) is 5.91 Å². The molecule has 0 saturated carbocycles. The van der Waals surface area contributed by atoms with E-state index in [2.05, 4.69) is 0 Å². The van der Waals surface area contributed by atoms with E-state index in [0.717, 1.165) is 42.1 Å². The van der Waals surface area contributed by atoms with E-state index in [4.69, 9.17) is 5.73 Å². The van der Waals surface area contributed by atoms with Crippen LogP contribution in [-0.2, 0) is 11.3 Å². The van der Waals surface area contributed by atoms with Crippen LogP contribution in [0.2, 0.25) is 0 Å². The van der Waals surface area contributed by atoms with Crippen LogP contribution in [0.15, 0.2) is 36.4 Å². The molecule has 1 aliphatic rings. The lowest BCUT2D eigenvalue weighted by Crippen LogP contribution is -3.16. The molecule has 21 heavy (non-hydrogen) atoms. The van der Waals surface area contributed by atoms with Crippen molar-refractivity contribution in [1.29, 1.82) is 0 Å². The number of benzene rings is 2. The van der Waals surface area contributed by atoms with Crippen molar-refractivity contribution in [2.24, 2.45) is 5.73 Å². The molecule has 1 heterocycles. The van der Waals surface area contributed by atoms with Gasteiger partial charge in [-0.25, -0.2) is 0 Å². The van der Waals surface area contributed by atoms with Crippen molar-refractivity contribution in [3.05, 3.63) is 42.0 Å². The zero-order valence-electron chi connectivity index (χ0n) is 12.0. The van der Waals surface area contributed by atoms with Crippen LogP contribution >= 0.6 is 0 Å². The van der Waals surface area contributed by atoms with Gasteiger partial charge in [0.15, 0.2) is 6.04 Å². The van der Waals surface area contributed by atoms with Crippen molar-refractivity contribution in [2.45, 2.75) is 31.8 Å². The standard InChI is InChI=1S/C17H20N2O2/c18-17(21)15-7-3-4-10-19(15)11-14-13-6-2-1-5-12(13)8-9-16(14)20/h1-2,5-6,8-9,15,20H,3-4,7,10-11H2,(H2,18,21)/p+1/t15-/m1/s1. The fourth-order valence-corrected chi connectivity index (χ4v) is 3.37. The third-order valence-corrected chi connectivity index (χ3v) is 4.50. The van der Waals surface area contributed by atoms with Crippen molar-refractivity contribution in [3.8, 4) is 5.75 Å². The Kier molecular flexibility index (Phi) is 3.80. The number of carbonyl (C=O) groups excluding carboxylic acids is 1. The maximum Gasteiger partial charge on any atom is 0.275 e. The Morgan fingerprint density at radius 2 is 2.05 bits per heavy atom. The first-order valence-corrected chi connectivity index (χ1v) is 7.50. The van der Waals surface area contributed by atoms with E-state index in [1.54, 1.807) is 6.07 Å². The van der Waals surface area contributed by atoms with Gasteiger partial charge >= 0.3 is 0 Å². The summed E-state index contributed by atoms with van der Waals surface area (Å²) in [5.41, 5.74) is 6.45. The van der Waals surface area contributed by atoms with Crippen LogP contribution in [0.4, 0.5) is 0 Å². The van der Waals surface area contributed by atoms with Crippen molar-refractivity contribution in [1.82, 2.24) is 0 Å². The van der Waals surface area contributed by atoms with Crippen molar-refractivity contribution < 1.29 is 14.8 Å². The summed E-state index contributed by atoms with van der Waals surface area (Å²) < 4.78 is 0. The highest BCUT2D eigenvalue weighted by atomic mass is 16.3. The number of piperidine rings is 1. The highest BCUT2D eigenvalue weighted by molar-refractivity contribution is 5.87. The van der Waals surface area contributed by atoms with Gasteiger partial charge in [-0.05, 0) is 29.7 Å². The fourth-order valence-electron chi connectivity index (χ4n) is 3.37. The number of likely N-dealkylation sites (tertiary alicyclic amines) is 1. The predicted molar refractivity (Wildman–Crippen MR) is 82.0 cm³/mol. The third kappa shape index (κ3) is 2.72. The SMILES string of the molecule is NC(=O)[C@H]1CCCC[NH+]1Cc1c(O)ccc2ccccc12. The Bertz CT molecular complexity index is 669. The molecule has 1 unspecified atom stereocenters. The van der Waals surface area contributed by atoms with E-state index < -0.39 is 0 Å². The molecule has 0 spiro atoms. The van der Waals surface area contributed by atoms with Crippen LogP contribution in [0.5, 0.6) is 5.75 Å². The van der Waals surface area contributed by atoms with Crippen molar-refractivity contribution in [2.75, 3.05) is 6.54 Å². The zero-order chi connectivity index (χ0) is 14.8. The van der Waals surface area contributed by atoms with E-state index in [9.17, 15) is 9.90 Å². The van der Waals surface area contributed by atoms with E-state index in [1.165, 1.54) is 4.90 Å². The Labute approximate surface area is 124 Å². The molecule has 2 atom stereocenters. The minimum atomic E-state index is -0.232. The molecule has 0 radical (unpaired) electrons. The van der Waals surface area contributed by atoms with E-state index in [0.29, 0.717) is 12.3 Å². The summed E-state index contributed by atoms with van der Waals surface area (Å²) in [6, 6.07) is 11.5. The molecule has 4 N–H and O–H groups in total. The Balaban J connectivity index is 1.97. The highest BCUT2D eigenvalue weighted by Gasteiger charge is 2.31. The zero-order valence-corrected chi connectivity index (χ0v) is 12.0. The largest absolute Gasteiger partial charge is 0.507 e. The van der Waals surface area contributed by atoms with Gasteiger partial charge in [-0.1, -0.05) is 30.3 Å². The molecule has 1 aliphatic heterocycles. The van der Waals surface area contributed by atoms with Crippen molar-refractivity contribution >= 4 is 16.7 Å². The van der Waals surface area contributed by atoms with Crippen LogP contribution in [0.25, 0.3) is 10.8 Å². The first kappa shape index (κ1) is 13.9. The molecular weight excluding hydrogens is 264 g/mol. The van der Waals surface area contributed by atoms with E-state index in [-0.39, 0.29) is 11.9 Å². The molecule has 1 amide bonds. The summed E-state index contributed by atoms with van der Waals surface area (Å²) in [6.07, 6.45) is 3.00. The summed E-state index contributed by atoms with van der Waals surface area (Å²) in [7, 11) is 0. The molecule has 0 aromatic heterocycles. The molecule has 4 heteroatoms. The molecule has 2 aromatic rings. The second-order valence-electron chi connectivity index (χ2n) is 5.82. The number of primary amides is 1. The monoisotopic (exact) mass is 285 g/mol. The maximum absolute atomic E-state index is 11.6. The lowest BCUT2D eigenvalue weighted by molar-refractivity contribution is -0.934. The summed E-state index contributed by atoms with van der Waals surface area (Å²) in [4.78, 5) is 12.8. The molecule has 2 aromatic carbocycles. The molecular formula is C17H21N2O2+. The number of fused-ring (bicyclic) bond motifs is 1. The first-order valence-electron chi connectivity index (χ1n) is 7.50. The molecule has 0 bridgehead atoms. The first-order chi connectivity index (χ1) is 10.2. The predicted octanol–water partition coefficient (Wildman–Crippen LogP) is 0.968. The number of carbonyl (C=O) groups is 1. The van der Waals surface area contributed by atoms with Crippen LogP contribution in [-0.4, -0.2) is 23.6 Å². The number of quaternary nitrogens is 1. The molecule has 4 nitrogen and oxygen atoms in total. The van der Waals surface area contributed by atoms with Gasteiger partial charge in [-0.15, -0.1) is 0 Å². The molecule has 3 rings (SSSR count). The average Bonchev–Trinajstić information content (AvgIpc) is 2.50. The van der Waals surface area contributed by atoms with Crippen LogP contribution < -0.4 is 10.6 Å². The molecule has 1 fully saturated rings. The van der Waals surface area contributed by atoms with Gasteiger partial charge in [0.05, 0.1) is 12.1 Å². The lowest BCUT2D eigenvalue weighted by atomic mass is 9.98. The van der Waals surface area contributed by atoms with E-state index in [1.807, 2.05) is 30.3 Å². The van der Waals surface area contributed by atoms with Gasteiger partial charge in [0.2, 0.25) is 0 Å². The van der Waals surface area contributed by atoms with Gasteiger partial charge in [0, 0.05) is 6.42 Å². The van der Waals surface area contributed by atoms with Crippen molar-refractivity contribution in [3.63, 3.8) is 0 Å². The average molecular weight is 285 g/mol. The number of nitrogens with two attached hydrogens (primary N) is 1. The summed E-state index contributed by atoms with van der Waals surface area (Å²) in [5, 5.41) is 12.4. The topological polar surface area (TPSA) is 67.8 Å². The van der Waals surface area contributed by atoms with Gasteiger partial charge < -0.3 is 15.7 Å². The van der Waals surface area contributed by atoms with E-state index >= 15 is 0 Å². The molecule has 110 valence electrons. The number of hydrogen-bond donors (Lipinski definition) is 3. The number of amides is 1. The number of phenolic OH excluding ortho intramolecular Hbond substituents is 1. The number of nitrogens with one attached hydrogen (secondary N) is 1. The quantitative estimate of drug-likeness (QED) is 0.786. The molecule has 1 saturated heterocycles. The molecule has 0 aliphatic carbocycles. The third-order valence-electron chi connectivity index (χ3n) is 4.50. The second kappa shape index (κ2) is 5.74. The van der Waals surface area contributed by atoms with Crippen LogP contribution in [0, 0.1) is 0 Å². The Hall–Kier alpha value is -2.07. The van der Waals surface area contributed by atoms with Crippen LogP contribution in [0.3, 0.4) is 0 Å². The number of phenols is 1. The van der Waals surface area contributed by atoms with Crippen LogP contribution in [0.1, 0.15) is 24.8 Å². The minimum Gasteiger partial charge on any atom is -0.507 e. The summed E-state index contributed by atoms with van der Waals surface area (Å²) >= 11 is 0. The number of hydrogen-bond acceptors (Lipinski definition) is 2. The minimum absolute atomic E-state index is 0.142. The smallest absolute Gasteiger partial charge is 0.275 e. The van der Waals surface area contributed by atoms with Gasteiger partial charge in [0.1, 0.15) is 12.3 Å². The summed E-state index contributed by atoms with van der Waals surface area (Å²) in [5.74, 6) is 0.0689. The lowest BCUT2D eigenvalue weighted by Gasteiger charge is -2.31. The number of aromatic hydroxyl groups is 1. The second-order valence-corrected chi connectivity index (χ2v) is 5.82. The van der Waals surface area contributed by atoms with Gasteiger partial charge in [-0.3, -0.25) is 4.79 Å². The normalized spacial score (nSPS) is 22.3.